The van der Waals surface area contributed by atoms with Gasteiger partial charge in [0.1, 0.15) is 10.1 Å². The van der Waals surface area contributed by atoms with E-state index in [0.29, 0.717) is 0 Å². The molecule has 0 aliphatic heterocycles. The van der Waals surface area contributed by atoms with E-state index in [4.69, 9.17) is 0 Å². The van der Waals surface area contributed by atoms with Crippen molar-refractivity contribution >= 4 is 10.1 Å². The van der Waals surface area contributed by atoms with Gasteiger partial charge in [-0.25, -0.2) is 26.0 Å². The van der Waals surface area contributed by atoms with Crippen molar-refractivity contribution < 1.29 is 161 Å². The zero-order valence-corrected chi connectivity index (χ0v) is 21.1. The summed E-state index contributed by atoms with van der Waals surface area (Å²) < 4.78 is 319. The smallest absolute Gasteiger partial charge is 0.746 e. The van der Waals surface area contributed by atoms with Crippen LogP contribution in [0.3, 0.4) is 0 Å². The number of halogens is 22. The Kier molecular flexibility index (Phi) is 11.5. The maximum absolute atomic E-state index is 13.5. The molecule has 230 valence electrons. The maximum Gasteiger partial charge on any atom is 1.00 e. The van der Waals surface area contributed by atoms with E-state index in [0.717, 1.165) is 0 Å². The fourth-order valence-electron chi connectivity index (χ4n) is 2.06. The van der Waals surface area contributed by atoms with Crippen molar-refractivity contribution in [2.24, 2.45) is 0 Å². The largest absolute Gasteiger partial charge is 1.00 e. The van der Waals surface area contributed by atoms with Crippen LogP contribution in [0.2, 0.25) is 0 Å². The molecule has 0 aromatic heterocycles. The van der Waals surface area contributed by atoms with Gasteiger partial charge in [-0.05, 0) is 0 Å². The minimum absolute atomic E-state index is 0. The van der Waals surface area contributed by atoms with Gasteiger partial charge in [0.2, 0.25) is 6.17 Å². The molecule has 0 aromatic carbocycles. The van der Waals surface area contributed by atoms with Crippen molar-refractivity contribution in [3.63, 3.8) is 0 Å². The fraction of sp³-hybridized carbons (Fsp3) is 1.00. The first kappa shape index (κ1) is 41.1. The summed E-state index contributed by atoms with van der Waals surface area (Å²) in [6.45, 7) is 0. The van der Waals surface area contributed by atoms with Crippen molar-refractivity contribution in [2.45, 2.75) is 71.4 Å². The SMILES string of the molecule is O=S(=O)([O-])C(F)C(F)(F)C(F)(F)C(F)(F)C(F)(F)C(F)(F)C(F)(F)C(F)(F)C(F)(F)C(F)(F)C(F)C(F)F.[K+]. The molecule has 0 saturated heterocycles. The molecule has 3 nitrogen and oxygen atoms in total. The Hall–Kier alpha value is 0.00636. The molecule has 0 fully saturated rings. The molecule has 0 aliphatic rings. The maximum atomic E-state index is 13.5. The summed E-state index contributed by atoms with van der Waals surface area (Å²) in [5, 5.41) is 0. The van der Waals surface area contributed by atoms with Gasteiger partial charge < -0.3 is 4.55 Å². The van der Waals surface area contributed by atoms with Crippen LogP contribution in [0.25, 0.3) is 0 Å². The van der Waals surface area contributed by atoms with Crippen LogP contribution in [-0.4, -0.2) is 84.4 Å². The van der Waals surface area contributed by atoms with Crippen molar-refractivity contribution in [3.05, 3.63) is 0 Å². The molecular formula is C12H3F22KO3S. The van der Waals surface area contributed by atoms with Gasteiger partial charge >= 0.3 is 105 Å². The van der Waals surface area contributed by atoms with Gasteiger partial charge in [-0.1, -0.05) is 0 Å². The zero-order valence-electron chi connectivity index (χ0n) is 17.2. The summed E-state index contributed by atoms with van der Waals surface area (Å²) in [7, 11) is -7.65. The first-order chi connectivity index (χ1) is 16.0. The molecule has 0 radical (unpaired) electrons. The quantitative estimate of drug-likeness (QED) is 0.181. The van der Waals surface area contributed by atoms with Crippen LogP contribution in [0.15, 0.2) is 0 Å². The molecular weight excluding hydrogens is 681 g/mol. The molecule has 39 heavy (non-hydrogen) atoms. The van der Waals surface area contributed by atoms with E-state index in [2.05, 4.69) is 0 Å². The third-order valence-electron chi connectivity index (χ3n) is 4.31. The van der Waals surface area contributed by atoms with E-state index < -0.39 is 81.5 Å². The second-order valence-electron chi connectivity index (χ2n) is 6.81. The molecule has 0 rings (SSSR count). The first-order valence-electron chi connectivity index (χ1n) is 7.92. The summed E-state index contributed by atoms with van der Waals surface area (Å²) in [5.74, 6) is -80.0. The van der Waals surface area contributed by atoms with Gasteiger partial charge in [-0.3, -0.25) is 0 Å². The average molecular weight is 684 g/mol. The second-order valence-corrected chi connectivity index (χ2v) is 8.21. The Morgan fingerprint density at radius 3 is 0.846 bits per heavy atom. The Morgan fingerprint density at radius 1 is 0.436 bits per heavy atom. The number of hydrogen-bond donors (Lipinski definition) is 0. The predicted octanol–water partition coefficient (Wildman–Crippen LogP) is 3.15. The van der Waals surface area contributed by atoms with Gasteiger partial charge in [0.05, 0.1) is 0 Å². The van der Waals surface area contributed by atoms with Crippen molar-refractivity contribution in [3.8, 4) is 0 Å². The van der Waals surface area contributed by atoms with Crippen LogP contribution in [0.1, 0.15) is 0 Å². The molecule has 0 aromatic rings. The van der Waals surface area contributed by atoms with Crippen LogP contribution in [0, 0.1) is 0 Å². The van der Waals surface area contributed by atoms with Crippen LogP contribution in [0.5, 0.6) is 0 Å². The van der Waals surface area contributed by atoms with Crippen molar-refractivity contribution in [1.29, 1.82) is 0 Å². The summed E-state index contributed by atoms with van der Waals surface area (Å²) >= 11 is 0. The van der Waals surface area contributed by atoms with E-state index in [-0.39, 0.29) is 51.4 Å². The number of rotatable bonds is 12. The van der Waals surface area contributed by atoms with Gasteiger partial charge in [0.25, 0.3) is 11.9 Å². The van der Waals surface area contributed by atoms with Gasteiger partial charge in [0, 0.05) is 0 Å². The van der Waals surface area contributed by atoms with Crippen LogP contribution in [-0.2, 0) is 10.1 Å². The molecule has 0 N–H and O–H groups in total. The van der Waals surface area contributed by atoms with E-state index in [1.54, 1.807) is 0 Å². The van der Waals surface area contributed by atoms with Crippen molar-refractivity contribution in [1.82, 2.24) is 0 Å². The van der Waals surface area contributed by atoms with E-state index >= 15 is 0 Å². The van der Waals surface area contributed by atoms with Crippen LogP contribution in [0.4, 0.5) is 96.6 Å². The Labute approximate surface area is 241 Å². The molecule has 0 heterocycles. The number of alkyl halides is 22. The Morgan fingerprint density at radius 2 is 0.641 bits per heavy atom. The monoisotopic (exact) mass is 684 g/mol. The molecule has 0 bridgehead atoms. The van der Waals surface area contributed by atoms with Crippen LogP contribution >= 0.6 is 0 Å². The molecule has 27 heteroatoms. The van der Waals surface area contributed by atoms with E-state index in [1.807, 2.05) is 0 Å². The minimum atomic E-state index is -9.40. The molecule has 0 saturated carbocycles. The Bertz CT molecular complexity index is 977. The average Bonchev–Trinajstić information content (AvgIpc) is 2.70. The van der Waals surface area contributed by atoms with E-state index in [1.165, 1.54) is 0 Å². The first-order valence-corrected chi connectivity index (χ1v) is 9.39. The number of hydrogen-bond acceptors (Lipinski definition) is 3. The third kappa shape index (κ3) is 5.58. The summed E-state index contributed by atoms with van der Waals surface area (Å²) in [5.41, 5.74) is -6.30. The van der Waals surface area contributed by atoms with E-state index in [9.17, 15) is 110 Å². The normalized spacial score (nSPS) is 17.6. The fourth-order valence-corrected chi connectivity index (χ4v) is 2.57. The molecule has 0 aliphatic carbocycles. The molecule has 2 atom stereocenters. The topological polar surface area (TPSA) is 57.2 Å². The zero-order chi connectivity index (χ0) is 31.7. The third-order valence-corrected chi connectivity index (χ3v) is 5.11. The molecule has 0 amide bonds. The minimum Gasteiger partial charge on any atom is -0.746 e. The standard InChI is InChI=1S/C12H4F22O3S.K/c13-1(2(14)15)4(17,18)6(21,22)8(25,26)10(29,30)12(33,34)11(31,32)9(27,28)7(23,24)5(19,20)3(16)38(35,36)37;/h1-3H,(H,35,36,37);/q;+1/p-1. The molecule has 0 spiro atoms. The molecule has 2 unspecified atom stereocenters. The summed E-state index contributed by atoms with van der Waals surface area (Å²) in [6, 6.07) is 0. The van der Waals surface area contributed by atoms with Gasteiger partial charge in [0.15, 0.2) is 0 Å². The van der Waals surface area contributed by atoms with Gasteiger partial charge in [-0.2, -0.15) is 79.0 Å². The predicted molar refractivity (Wildman–Crippen MR) is 70.0 cm³/mol. The Balaban J connectivity index is 0. The summed E-state index contributed by atoms with van der Waals surface area (Å²) in [4.78, 5) is 0. The second kappa shape index (κ2) is 10.9. The van der Waals surface area contributed by atoms with Gasteiger partial charge in [-0.15, -0.1) is 0 Å². The van der Waals surface area contributed by atoms with Crippen LogP contribution < -0.4 is 51.4 Å². The van der Waals surface area contributed by atoms with Crippen molar-refractivity contribution in [2.75, 3.05) is 0 Å². The summed E-state index contributed by atoms with van der Waals surface area (Å²) in [6.07, 6.45) is -11.6.